The molecule has 6 nitrogen and oxygen atoms in total. The van der Waals surface area contributed by atoms with E-state index in [2.05, 4.69) is 4.98 Å². The molecule has 0 bridgehead atoms. The summed E-state index contributed by atoms with van der Waals surface area (Å²) in [7, 11) is -2.35. The molecule has 6 rings (SSSR count). The van der Waals surface area contributed by atoms with Gasteiger partial charge in [0, 0.05) is 39.8 Å². The summed E-state index contributed by atoms with van der Waals surface area (Å²) in [5.41, 5.74) is 6.38. The maximum absolute atomic E-state index is 14.2. The number of rotatable bonds is 5. The summed E-state index contributed by atoms with van der Waals surface area (Å²) in [6, 6.07) is 24.6. The lowest BCUT2D eigenvalue weighted by Gasteiger charge is -2.12. The first-order chi connectivity index (χ1) is 17.9. The zero-order valence-corrected chi connectivity index (χ0v) is 21.5. The molecule has 1 N–H and O–H groups in total. The van der Waals surface area contributed by atoms with Crippen molar-refractivity contribution < 1.29 is 13.2 Å². The maximum Gasteiger partial charge on any atom is 0.269 e. The van der Waals surface area contributed by atoms with E-state index < -0.39 is 10.0 Å². The van der Waals surface area contributed by atoms with E-state index in [0.29, 0.717) is 17.1 Å². The normalized spacial score (nSPS) is 11.9. The number of aryl methyl sites for hydroxylation is 2. The number of hydrogen-bond acceptors (Lipinski definition) is 4. The second kappa shape index (κ2) is 8.64. The molecule has 6 aromatic rings. The van der Waals surface area contributed by atoms with E-state index in [1.165, 1.54) is 3.97 Å². The molecule has 0 saturated carbocycles. The number of aromatic nitrogens is 3. The Morgan fingerprint density at radius 1 is 0.865 bits per heavy atom. The van der Waals surface area contributed by atoms with Crippen LogP contribution in [0.1, 0.15) is 11.1 Å². The van der Waals surface area contributed by atoms with Crippen LogP contribution in [0.15, 0.2) is 96.2 Å². The first-order valence-electron chi connectivity index (χ1n) is 11.9. The molecule has 0 aliphatic carbocycles. The number of H-pyrrole nitrogens is 1. The Hall–Kier alpha value is -4.36. The van der Waals surface area contributed by atoms with Gasteiger partial charge in [-0.1, -0.05) is 48.0 Å². The molecule has 3 heterocycles. The van der Waals surface area contributed by atoms with E-state index in [0.717, 1.165) is 44.1 Å². The van der Waals surface area contributed by atoms with Gasteiger partial charge in [0.25, 0.3) is 10.0 Å². The van der Waals surface area contributed by atoms with Crippen LogP contribution in [0.3, 0.4) is 0 Å². The largest absolute Gasteiger partial charge is 0.497 e. The Bertz CT molecular complexity index is 1880. The molecule has 0 radical (unpaired) electrons. The first kappa shape index (κ1) is 23.1. The second-order valence-electron chi connectivity index (χ2n) is 9.13. The smallest absolute Gasteiger partial charge is 0.269 e. The molecule has 184 valence electrons. The lowest BCUT2D eigenvalue weighted by atomic mass is 10.0. The lowest BCUT2D eigenvalue weighted by Crippen LogP contribution is -2.15. The topological polar surface area (TPSA) is 77.0 Å². The van der Waals surface area contributed by atoms with Gasteiger partial charge in [0.05, 0.1) is 17.7 Å². The van der Waals surface area contributed by atoms with Gasteiger partial charge in [-0.25, -0.2) is 17.4 Å². The quantitative estimate of drug-likeness (QED) is 0.281. The molecular formula is C30H25N3O3S. The Labute approximate surface area is 215 Å². The molecule has 0 atom stereocenters. The summed E-state index contributed by atoms with van der Waals surface area (Å²) in [5, 5.41) is 1.65. The van der Waals surface area contributed by atoms with Crippen LogP contribution in [0.5, 0.6) is 5.75 Å². The molecule has 0 unspecified atom stereocenters. The van der Waals surface area contributed by atoms with Gasteiger partial charge in [-0.05, 0) is 61.4 Å². The fourth-order valence-corrected chi connectivity index (χ4v) is 6.39. The minimum atomic E-state index is -3.97. The molecule has 0 fully saturated rings. The van der Waals surface area contributed by atoms with Gasteiger partial charge in [0.1, 0.15) is 5.75 Å². The predicted molar refractivity (Wildman–Crippen MR) is 148 cm³/mol. The SMILES string of the molecule is COc1ccc2[nH]cc(-c3c(C)c4cc(-c5ccccc5)cnc4n3S(=O)(=O)c3ccc(C)cc3)c2c1. The van der Waals surface area contributed by atoms with Gasteiger partial charge < -0.3 is 9.72 Å². The average molecular weight is 508 g/mol. The van der Waals surface area contributed by atoms with Crippen molar-refractivity contribution in [1.82, 2.24) is 13.9 Å². The maximum atomic E-state index is 14.2. The number of nitrogens with zero attached hydrogens (tertiary/aromatic N) is 2. The van der Waals surface area contributed by atoms with Crippen LogP contribution in [-0.4, -0.2) is 29.5 Å². The molecule has 3 aromatic heterocycles. The van der Waals surface area contributed by atoms with Gasteiger partial charge in [-0.3, -0.25) is 0 Å². The molecule has 0 spiro atoms. The van der Waals surface area contributed by atoms with Crippen LogP contribution in [0.2, 0.25) is 0 Å². The van der Waals surface area contributed by atoms with Crippen LogP contribution in [0.4, 0.5) is 0 Å². The van der Waals surface area contributed by atoms with Crippen LogP contribution in [-0.2, 0) is 10.0 Å². The first-order valence-corrected chi connectivity index (χ1v) is 13.4. The highest BCUT2D eigenvalue weighted by atomic mass is 32.2. The number of ether oxygens (including phenoxy) is 1. The predicted octanol–water partition coefficient (Wildman–Crippen LogP) is 6.71. The average Bonchev–Trinajstić information content (AvgIpc) is 3.47. The minimum absolute atomic E-state index is 0.211. The third-order valence-corrected chi connectivity index (χ3v) is 8.54. The van der Waals surface area contributed by atoms with Gasteiger partial charge in [0.2, 0.25) is 0 Å². The number of hydrogen-bond donors (Lipinski definition) is 1. The molecule has 0 aliphatic heterocycles. The zero-order valence-electron chi connectivity index (χ0n) is 20.7. The highest BCUT2D eigenvalue weighted by molar-refractivity contribution is 7.90. The summed E-state index contributed by atoms with van der Waals surface area (Å²) in [5.74, 6) is 0.694. The van der Waals surface area contributed by atoms with Crippen molar-refractivity contribution >= 4 is 32.0 Å². The summed E-state index contributed by atoms with van der Waals surface area (Å²) in [6.45, 7) is 3.89. The van der Waals surface area contributed by atoms with E-state index >= 15 is 0 Å². The molecule has 3 aromatic carbocycles. The summed E-state index contributed by atoms with van der Waals surface area (Å²) >= 11 is 0. The number of pyridine rings is 1. The van der Waals surface area contributed by atoms with Crippen molar-refractivity contribution in [1.29, 1.82) is 0 Å². The molecule has 37 heavy (non-hydrogen) atoms. The van der Waals surface area contributed by atoms with E-state index in [1.807, 2.05) is 86.8 Å². The molecule has 0 amide bonds. The van der Waals surface area contributed by atoms with Crippen molar-refractivity contribution in [3.63, 3.8) is 0 Å². The van der Waals surface area contributed by atoms with Gasteiger partial charge in [-0.2, -0.15) is 0 Å². The molecule has 0 saturated heterocycles. The third kappa shape index (κ3) is 3.70. The van der Waals surface area contributed by atoms with Crippen molar-refractivity contribution in [2.24, 2.45) is 0 Å². The highest BCUT2D eigenvalue weighted by Crippen LogP contribution is 2.40. The van der Waals surface area contributed by atoms with Crippen LogP contribution in [0, 0.1) is 13.8 Å². The van der Waals surface area contributed by atoms with Crippen molar-refractivity contribution in [2.45, 2.75) is 18.7 Å². The van der Waals surface area contributed by atoms with Gasteiger partial charge >= 0.3 is 0 Å². The number of benzene rings is 3. The van der Waals surface area contributed by atoms with Gasteiger partial charge in [-0.15, -0.1) is 0 Å². The van der Waals surface area contributed by atoms with Crippen LogP contribution >= 0.6 is 0 Å². The molecule has 7 heteroatoms. The zero-order chi connectivity index (χ0) is 25.7. The minimum Gasteiger partial charge on any atom is -0.497 e. The standard InChI is InChI=1S/C30H25N3O3S/c1-19-9-12-24(13-10-19)37(34,35)33-29(27-18-31-28-14-11-23(36-3)16-26(27)28)20(2)25-15-22(17-32-30(25)33)21-7-5-4-6-8-21/h4-18,31H,1-3H3. The van der Waals surface area contributed by atoms with Crippen LogP contribution < -0.4 is 4.74 Å². The Morgan fingerprint density at radius 3 is 2.35 bits per heavy atom. The number of methoxy groups -OCH3 is 1. The van der Waals surface area contributed by atoms with E-state index in [4.69, 9.17) is 9.72 Å². The summed E-state index contributed by atoms with van der Waals surface area (Å²) < 4.78 is 35.2. The Morgan fingerprint density at radius 2 is 1.62 bits per heavy atom. The summed E-state index contributed by atoms with van der Waals surface area (Å²) in [4.78, 5) is 8.22. The fourth-order valence-electron chi connectivity index (χ4n) is 4.85. The van der Waals surface area contributed by atoms with Crippen molar-refractivity contribution in [2.75, 3.05) is 7.11 Å². The lowest BCUT2D eigenvalue weighted by molar-refractivity contribution is 0.415. The molecular weight excluding hydrogens is 482 g/mol. The second-order valence-corrected chi connectivity index (χ2v) is 10.9. The third-order valence-electron chi connectivity index (χ3n) is 6.83. The monoisotopic (exact) mass is 507 g/mol. The van der Waals surface area contributed by atoms with Crippen molar-refractivity contribution in [3.8, 4) is 28.1 Å². The fraction of sp³-hybridized carbons (Fsp3) is 0.100. The number of nitrogens with one attached hydrogen (secondary N) is 1. The number of fused-ring (bicyclic) bond motifs is 2. The number of aromatic amines is 1. The van der Waals surface area contributed by atoms with E-state index in [-0.39, 0.29) is 4.90 Å². The van der Waals surface area contributed by atoms with Crippen LogP contribution in [0.25, 0.3) is 44.3 Å². The Balaban J connectivity index is 1.70. The summed E-state index contributed by atoms with van der Waals surface area (Å²) in [6.07, 6.45) is 3.59. The highest BCUT2D eigenvalue weighted by Gasteiger charge is 2.29. The van der Waals surface area contributed by atoms with Gasteiger partial charge in [0.15, 0.2) is 5.65 Å². The van der Waals surface area contributed by atoms with E-state index in [9.17, 15) is 8.42 Å². The molecule has 0 aliphatic rings. The van der Waals surface area contributed by atoms with E-state index in [1.54, 1.807) is 25.4 Å². The van der Waals surface area contributed by atoms with Crippen molar-refractivity contribution in [3.05, 3.63) is 102 Å². The Kier molecular flexibility index (Phi) is 5.38.